The van der Waals surface area contributed by atoms with E-state index in [1.807, 2.05) is 0 Å². The van der Waals surface area contributed by atoms with E-state index in [1.54, 1.807) is 18.6 Å². The summed E-state index contributed by atoms with van der Waals surface area (Å²) in [5.41, 5.74) is 1.02. The van der Waals surface area contributed by atoms with Crippen LogP contribution in [0.15, 0.2) is 22.7 Å². The highest BCUT2D eigenvalue weighted by Gasteiger charge is 2.13. The van der Waals surface area contributed by atoms with E-state index in [4.69, 9.17) is 4.74 Å². The molecule has 2 aromatic heterocycles. The van der Waals surface area contributed by atoms with Gasteiger partial charge in [0.15, 0.2) is 5.82 Å². The Morgan fingerprint density at radius 3 is 2.94 bits per heavy atom. The van der Waals surface area contributed by atoms with Crippen LogP contribution in [0.4, 0.5) is 0 Å². The van der Waals surface area contributed by atoms with Gasteiger partial charge in [0.25, 0.3) is 5.56 Å². The molecule has 2 aromatic rings. The van der Waals surface area contributed by atoms with Crippen molar-refractivity contribution in [1.29, 1.82) is 0 Å². The van der Waals surface area contributed by atoms with E-state index >= 15 is 0 Å². The summed E-state index contributed by atoms with van der Waals surface area (Å²) < 4.78 is 4.73. The Morgan fingerprint density at radius 2 is 2.35 bits per heavy atom. The van der Waals surface area contributed by atoms with E-state index in [0.29, 0.717) is 5.82 Å². The maximum Gasteiger partial charge on any atom is 0.345 e. The van der Waals surface area contributed by atoms with Gasteiger partial charge in [0.2, 0.25) is 0 Å². The van der Waals surface area contributed by atoms with Crippen LogP contribution in [0.5, 0.6) is 0 Å². The number of carbonyl (C=O) groups excluding carboxylic acids is 1. The lowest BCUT2D eigenvalue weighted by Crippen LogP contribution is -2.20. The first-order valence-electron chi connectivity index (χ1n) is 4.87. The Kier molecular flexibility index (Phi) is 3.29. The average molecular weight is 251 g/mol. The first-order chi connectivity index (χ1) is 8.22. The molecular weight excluding hydrogens is 242 g/mol. The summed E-state index contributed by atoms with van der Waals surface area (Å²) in [4.78, 5) is 34.1. The molecule has 0 fully saturated rings. The predicted octanol–water partition coefficient (Wildman–Crippen LogP) is 1.07. The monoisotopic (exact) mass is 251 g/mol. The van der Waals surface area contributed by atoms with Gasteiger partial charge in [-0.3, -0.25) is 9.78 Å². The van der Waals surface area contributed by atoms with Crippen LogP contribution in [0.3, 0.4) is 0 Å². The molecule has 0 bridgehead atoms. The molecule has 7 heteroatoms. The number of aromatic amines is 1. The van der Waals surface area contributed by atoms with Gasteiger partial charge in [-0.2, -0.15) is 0 Å². The normalized spacial score (nSPS) is 10.2. The van der Waals surface area contributed by atoms with Crippen molar-refractivity contribution < 1.29 is 9.53 Å². The minimum atomic E-state index is -0.669. The Bertz CT molecular complexity index is 577. The zero-order valence-electron chi connectivity index (χ0n) is 8.97. The van der Waals surface area contributed by atoms with Gasteiger partial charge in [0.05, 0.1) is 17.0 Å². The summed E-state index contributed by atoms with van der Waals surface area (Å²) in [6, 6.07) is 0. The third-order valence-corrected chi connectivity index (χ3v) is 2.74. The number of aromatic nitrogens is 3. The minimum absolute atomic E-state index is 0.0971. The molecule has 0 amide bonds. The molecule has 0 spiro atoms. The number of thiazole rings is 1. The van der Waals surface area contributed by atoms with E-state index in [-0.39, 0.29) is 12.2 Å². The van der Waals surface area contributed by atoms with Gasteiger partial charge < -0.3 is 9.72 Å². The van der Waals surface area contributed by atoms with E-state index < -0.39 is 11.5 Å². The maximum atomic E-state index is 11.6. The lowest BCUT2D eigenvalue weighted by molar-refractivity contribution is 0.0524. The third-order valence-electron chi connectivity index (χ3n) is 1.96. The first kappa shape index (κ1) is 11.5. The van der Waals surface area contributed by atoms with Gasteiger partial charge in [-0.15, -0.1) is 11.3 Å². The van der Waals surface area contributed by atoms with Crippen molar-refractivity contribution in [3.63, 3.8) is 0 Å². The summed E-state index contributed by atoms with van der Waals surface area (Å²) in [7, 11) is 0. The molecule has 0 atom stereocenters. The average Bonchev–Trinajstić information content (AvgIpc) is 2.82. The van der Waals surface area contributed by atoms with Crippen LogP contribution in [0, 0.1) is 0 Å². The summed E-state index contributed by atoms with van der Waals surface area (Å²) in [6.07, 6.45) is 2.80. The highest BCUT2D eigenvalue weighted by atomic mass is 32.1. The summed E-state index contributed by atoms with van der Waals surface area (Å²) in [5, 5.41) is 0. The van der Waals surface area contributed by atoms with Gasteiger partial charge in [-0.05, 0) is 6.92 Å². The SMILES string of the molecule is CCOC(=O)c1cnc(-c2cncs2)[nH]c1=O. The molecule has 2 rings (SSSR count). The number of nitrogens with one attached hydrogen (secondary N) is 1. The van der Waals surface area contributed by atoms with Crippen molar-refractivity contribution >= 4 is 17.3 Å². The van der Waals surface area contributed by atoms with Crippen molar-refractivity contribution in [3.8, 4) is 10.7 Å². The van der Waals surface area contributed by atoms with Gasteiger partial charge in [0.1, 0.15) is 5.56 Å². The highest BCUT2D eigenvalue weighted by Crippen LogP contribution is 2.17. The quantitative estimate of drug-likeness (QED) is 0.825. The van der Waals surface area contributed by atoms with Gasteiger partial charge in [0, 0.05) is 12.4 Å². The molecular formula is C10H9N3O3S. The second-order valence-corrected chi connectivity index (χ2v) is 3.95. The molecule has 0 radical (unpaired) electrons. The van der Waals surface area contributed by atoms with Crippen LogP contribution < -0.4 is 5.56 Å². The number of esters is 1. The molecule has 0 aliphatic carbocycles. The fourth-order valence-corrected chi connectivity index (χ4v) is 1.78. The van der Waals surface area contributed by atoms with E-state index in [9.17, 15) is 9.59 Å². The molecule has 1 N–H and O–H groups in total. The second kappa shape index (κ2) is 4.88. The lowest BCUT2D eigenvalue weighted by atomic mass is 10.3. The van der Waals surface area contributed by atoms with Crippen LogP contribution in [0.2, 0.25) is 0 Å². The van der Waals surface area contributed by atoms with Crippen molar-refractivity contribution in [2.45, 2.75) is 6.92 Å². The molecule has 17 heavy (non-hydrogen) atoms. The Balaban J connectivity index is 2.36. The van der Waals surface area contributed by atoms with Gasteiger partial charge in [-0.25, -0.2) is 9.78 Å². The molecule has 2 heterocycles. The zero-order chi connectivity index (χ0) is 12.3. The van der Waals surface area contributed by atoms with E-state index in [1.165, 1.54) is 17.5 Å². The standard InChI is InChI=1S/C10H9N3O3S/c1-2-16-10(15)6-3-12-8(13-9(6)14)7-4-11-5-17-7/h3-5H,2H2,1H3,(H,12,13,14). The number of hydrogen-bond donors (Lipinski definition) is 1. The number of rotatable bonds is 3. The molecule has 0 aliphatic rings. The molecule has 0 aliphatic heterocycles. The summed E-state index contributed by atoms with van der Waals surface area (Å²) in [6.45, 7) is 1.89. The topological polar surface area (TPSA) is 84.9 Å². The Labute approximate surface area is 100 Å². The lowest BCUT2D eigenvalue weighted by Gasteiger charge is -2.01. The predicted molar refractivity (Wildman–Crippen MR) is 61.9 cm³/mol. The largest absolute Gasteiger partial charge is 0.462 e. The Hall–Kier alpha value is -2.02. The molecule has 0 aromatic carbocycles. The molecule has 88 valence electrons. The van der Waals surface area contributed by atoms with Crippen molar-refractivity contribution in [3.05, 3.63) is 33.8 Å². The third kappa shape index (κ3) is 2.39. The number of nitrogens with zero attached hydrogens (tertiary/aromatic N) is 2. The van der Waals surface area contributed by atoms with Crippen LogP contribution >= 0.6 is 11.3 Å². The fraction of sp³-hybridized carbons (Fsp3) is 0.200. The number of carbonyl (C=O) groups is 1. The van der Waals surface area contributed by atoms with Crippen molar-refractivity contribution in [2.75, 3.05) is 6.61 Å². The fourth-order valence-electron chi connectivity index (χ4n) is 1.21. The summed E-state index contributed by atoms with van der Waals surface area (Å²) >= 11 is 1.35. The number of H-pyrrole nitrogens is 1. The zero-order valence-corrected chi connectivity index (χ0v) is 9.78. The highest BCUT2D eigenvalue weighted by molar-refractivity contribution is 7.13. The molecule has 0 saturated heterocycles. The van der Waals surface area contributed by atoms with E-state index in [2.05, 4.69) is 15.0 Å². The molecule has 0 unspecified atom stereocenters. The van der Waals surface area contributed by atoms with Crippen LogP contribution in [0.25, 0.3) is 10.7 Å². The second-order valence-electron chi connectivity index (χ2n) is 3.06. The van der Waals surface area contributed by atoms with Crippen molar-refractivity contribution in [1.82, 2.24) is 15.0 Å². The Morgan fingerprint density at radius 1 is 1.53 bits per heavy atom. The van der Waals surface area contributed by atoms with Gasteiger partial charge in [-0.1, -0.05) is 0 Å². The van der Waals surface area contributed by atoms with Crippen LogP contribution in [0.1, 0.15) is 17.3 Å². The number of ether oxygens (including phenoxy) is 1. The van der Waals surface area contributed by atoms with Gasteiger partial charge >= 0.3 is 5.97 Å². The minimum Gasteiger partial charge on any atom is -0.462 e. The van der Waals surface area contributed by atoms with Crippen molar-refractivity contribution in [2.24, 2.45) is 0 Å². The molecule has 6 nitrogen and oxygen atoms in total. The molecule has 0 saturated carbocycles. The van der Waals surface area contributed by atoms with Crippen LogP contribution in [-0.2, 0) is 4.74 Å². The summed E-state index contributed by atoms with van der Waals surface area (Å²) in [5.74, 6) is -0.275. The maximum absolute atomic E-state index is 11.6. The number of hydrogen-bond acceptors (Lipinski definition) is 6. The van der Waals surface area contributed by atoms with E-state index in [0.717, 1.165) is 4.88 Å². The smallest absolute Gasteiger partial charge is 0.345 e. The van der Waals surface area contributed by atoms with Crippen LogP contribution in [-0.4, -0.2) is 27.5 Å². The first-order valence-corrected chi connectivity index (χ1v) is 5.75.